The number of rotatable bonds is 3. The molecule has 0 saturated carbocycles. The largest absolute Gasteiger partial charge is 0.368 e. The zero-order valence-corrected chi connectivity index (χ0v) is 12.6. The van der Waals surface area contributed by atoms with Crippen molar-refractivity contribution in [1.29, 1.82) is 0 Å². The molecule has 0 spiro atoms. The Hall–Kier alpha value is -2.15. The van der Waals surface area contributed by atoms with Gasteiger partial charge in [0.2, 0.25) is 5.95 Å². The fraction of sp³-hybridized carbons (Fsp3) is 0.500. The SMILES string of the molecule is CCc1cn[nH]c1-c1cc(N2CCCC2)nc(N)n1.CN. The Bertz CT molecular complexity index is 572. The summed E-state index contributed by atoms with van der Waals surface area (Å²) < 4.78 is 0. The number of hydrogen-bond acceptors (Lipinski definition) is 6. The molecule has 3 heterocycles. The standard InChI is InChI=1S/C13H18N6.CH5N/c1-2-9-8-15-18-12(9)10-7-11(17-13(14)16-10)19-5-3-4-6-19;1-2/h7-8H,2-6H2,1H3,(H,15,18)(H2,14,16,17);2H2,1H3. The average molecular weight is 289 g/mol. The predicted octanol–water partition coefficient (Wildman–Crippen LogP) is 1.19. The van der Waals surface area contributed by atoms with Gasteiger partial charge in [-0.3, -0.25) is 5.10 Å². The molecular weight excluding hydrogens is 266 g/mol. The molecule has 5 N–H and O–H groups in total. The second-order valence-corrected chi connectivity index (χ2v) is 4.79. The monoisotopic (exact) mass is 289 g/mol. The summed E-state index contributed by atoms with van der Waals surface area (Å²) in [6, 6.07) is 1.99. The first kappa shape index (κ1) is 15.2. The van der Waals surface area contributed by atoms with Crippen LogP contribution in [0.2, 0.25) is 0 Å². The number of hydrogen-bond donors (Lipinski definition) is 3. The van der Waals surface area contributed by atoms with E-state index in [1.54, 1.807) is 0 Å². The van der Waals surface area contributed by atoms with Crippen molar-refractivity contribution in [3.05, 3.63) is 17.8 Å². The molecule has 2 aromatic heterocycles. The normalized spacial score (nSPS) is 14.0. The van der Waals surface area contributed by atoms with Gasteiger partial charge >= 0.3 is 0 Å². The second kappa shape index (κ2) is 7.03. The topological polar surface area (TPSA) is 110 Å². The van der Waals surface area contributed by atoms with Gasteiger partial charge in [-0.05, 0) is 31.9 Å². The number of nitrogens with two attached hydrogens (primary N) is 2. The Labute approximate surface area is 124 Å². The van der Waals surface area contributed by atoms with Gasteiger partial charge in [-0.25, -0.2) is 4.98 Å². The zero-order valence-electron chi connectivity index (χ0n) is 12.6. The molecule has 2 aromatic rings. The summed E-state index contributed by atoms with van der Waals surface area (Å²) >= 11 is 0. The van der Waals surface area contributed by atoms with Crippen LogP contribution in [-0.4, -0.2) is 40.3 Å². The van der Waals surface area contributed by atoms with E-state index < -0.39 is 0 Å². The van der Waals surface area contributed by atoms with E-state index in [9.17, 15) is 0 Å². The van der Waals surface area contributed by atoms with Gasteiger partial charge < -0.3 is 16.4 Å². The number of H-pyrrole nitrogens is 1. The maximum atomic E-state index is 5.84. The van der Waals surface area contributed by atoms with E-state index in [-0.39, 0.29) is 0 Å². The highest BCUT2D eigenvalue weighted by molar-refractivity contribution is 5.64. The number of aromatic amines is 1. The van der Waals surface area contributed by atoms with Gasteiger partial charge in [0.25, 0.3) is 0 Å². The molecule has 3 rings (SSSR count). The van der Waals surface area contributed by atoms with Crippen LogP contribution >= 0.6 is 0 Å². The Morgan fingerprint density at radius 2 is 1.95 bits per heavy atom. The average Bonchev–Trinajstić information content (AvgIpc) is 3.20. The molecule has 7 heteroatoms. The van der Waals surface area contributed by atoms with Crippen LogP contribution in [-0.2, 0) is 6.42 Å². The molecule has 0 atom stereocenters. The summed E-state index contributed by atoms with van der Waals surface area (Å²) in [7, 11) is 1.50. The molecule has 0 radical (unpaired) electrons. The second-order valence-electron chi connectivity index (χ2n) is 4.79. The summed E-state index contributed by atoms with van der Waals surface area (Å²) in [6.45, 7) is 4.18. The van der Waals surface area contributed by atoms with E-state index in [0.717, 1.165) is 42.3 Å². The van der Waals surface area contributed by atoms with Crippen molar-refractivity contribution in [3.8, 4) is 11.4 Å². The molecule has 114 valence electrons. The van der Waals surface area contributed by atoms with Crippen LogP contribution in [0.15, 0.2) is 12.3 Å². The highest BCUT2D eigenvalue weighted by Crippen LogP contribution is 2.25. The zero-order chi connectivity index (χ0) is 15.2. The third kappa shape index (κ3) is 3.30. The van der Waals surface area contributed by atoms with Gasteiger partial charge in [-0.1, -0.05) is 6.92 Å². The molecule has 1 aliphatic rings. The smallest absolute Gasteiger partial charge is 0.222 e. The van der Waals surface area contributed by atoms with Gasteiger partial charge in [0.05, 0.1) is 17.6 Å². The van der Waals surface area contributed by atoms with Crippen LogP contribution in [0.3, 0.4) is 0 Å². The number of nitrogens with zero attached hydrogens (tertiary/aromatic N) is 4. The summed E-state index contributed by atoms with van der Waals surface area (Å²) in [4.78, 5) is 10.9. The highest BCUT2D eigenvalue weighted by Gasteiger charge is 2.17. The van der Waals surface area contributed by atoms with Gasteiger partial charge in [0, 0.05) is 19.2 Å². The predicted molar refractivity (Wildman–Crippen MR) is 85.0 cm³/mol. The van der Waals surface area contributed by atoms with Gasteiger partial charge in [-0.2, -0.15) is 10.1 Å². The van der Waals surface area contributed by atoms with Crippen LogP contribution in [0.4, 0.5) is 11.8 Å². The van der Waals surface area contributed by atoms with E-state index >= 15 is 0 Å². The molecule has 21 heavy (non-hydrogen) atoms. The Balaban J connectivity index is 0.000000774. The maximum Gasteiger partial charge on any atom is 0.222 e. The molecule has 0 unspecified atom stereocenters. The lowest BCUT2D eigenvalue weighted by Crippen LogP contribution is -2.20. The Morgan fingerprint density at radius 3 is 2.62 bits per heavy atom. The molecule has 0 aliphatic carbocycles. The summed E-state index contributed by atoms with van der Waals surface area (Å²) in [5.74, 6) is 1.23. The van der Waals surface area contributed by atoms with Crippen molar-refractivity contribution < 1.29 is 0 Å². The third-order valence-corrected chi connectivity index (χ3v) is 3.51. The number of nitrogens with one attached hydrogen (secondary N) is 1. The van der Waals surface area contributed by atoms with Gasteiger partial charge in [0.1, 0.15) is 5.82 Å². The molecular formula is C14H23N7. The lowest BCUT2D eigenvalue weighted by atomic mass is 10.1. The van der Waals surface area contributed by atoms with Crippen LogP contribution < -0.4 is 16.4 Å². The minimum Gasteiger partial charge on any atom is -0.368 e. The first-order valence-corrected chi connectivity index (χ1v) is 7.28. The van der Waals surface area contributed by atoms with Crippen molar-refractivity contribution in [3.63, 3.8) is 0 Å². The van der Waals surface area contributed by atoms with E-state index in [0.29, 0.717) is 5.95 Å². The summed E-state index contributed by atoms with van der Waals surface area (Å²) in [5.41, 5.74) is 13.3. The van der Waals surface area contributed by atoms with Crippen LogP contribution in [0.25, 0.3) is 11.4 Å². The lowest BCUT2D eigenvalue weighted by Gasteiger charge is -2.17. The van der Waals surface area contributed by atoms with Crippen molar-refractivity contribution in [2.24, 2.45) is 5.73 Å². The Kier molecular flexibility index (Phi) is 5.10. The van der Waals surface area contributed by atoms with E-state index in [2.05, 4.69) is 37.7 Å². The maximum absolute atomic E-state index is 5.84. The molecule has 0 aromatic carbocycles. The van der Waals surface area contributed by atoms with Crippen LogP contribution in [0.1, 0.15) is 25.3 Å². The van der Waals surface area contributed by atoms with E-state index in [1.807, 2.05) is 12.3 Å². The van der Waals surface area contributed by atoms with E-state index in [1.165, 1.54) is 19.9 Å². The first-order valence-electron chi connectivity index (χ1n) is 7.28. The highest BCUT2D eigenvalue weighted by atomic mass is 15.2. The van der Waals surface area contributed by atoms with Crippen molar-refractivity contribution >= 4 is 11.8 Å². The molecule has 7 nitrogen and oxygen atoms in total. The molecule has 1 aliphatic heterocycles. The fourth-order valence-corrected chi connectivity index (χ4v) is 2.49. The first-order chi connectivity index (χ1) is 10.3. The number of anilines is 2. The lowest BCUT2D eigenvalue weighted by molar-refractivity contribution is 0.930. The number of nitrogen functional groups attached to an aromatic ring is 1. The Morgan fingerprint density at radius 1 is 1.24 bits per heavy atom. The molecule has 1 fully saturated rings. The minimum atomic E-state index is 0.316. The minimum absolute atomic E-state index is 0.316. The molecule has 1 saturated heterocycles. The number of aryl methyl sites for hydroxylation is 1. The van der Waals surface area contributed by atoms with Crippen LogP contribution in [0.5, 0.6) is 0 Å². The van der Waals surface area contributed by atoms with E-state index in [4.69, 9.17) is 5.73 Å². The fourth-order valence-electron chi connectivity index (χ4n) is 2.49. The molecule has 0 amide bonds. The van der Waals surface area contributed by atoms with Gasteiger partial charge in [0.15, 0.2) is 0 Å². The van der Waals surface area contributed by atoms with Gasteiger partial charge in [-0.15, -0.1) is 0 Å². The quantitative estimate of drug-likeness (QED) is 0.783. The number of aromatic nitrogens is 4. The van der Waals surface area contributed by atoms with Crippen molar-refractivity contribution in [2.75, 3.05) is 30.8 Å². The van der Waals surface area contributed by atoms with Crippen LogP contribution in [0, 0.1) is 0 Å². The summed E-state index contributed by atoms with van der Waals surface area (Å²) in [6.07, 6.45) is 5.17. The van der Waals surface area contributed by atoms with Crippen molar-refractivity contribution in [2.45, 2.75) is 26.2 Å². The third-order valence-electron chi connectivity index (χ3n) is 3.51. The molecule has 0 bridgehead atoms. The van der Waals surface area contributed by atoms with Crippen molar-refractivity contribution in [1.82, 2.24) is 20.2 Å². The summed E-state index contributed by atoms with van der Waals surface area (Å²) in [5, 5.41) is 7.09.